The van der Waals surface area contributed by atoms with Gasteiger partial charge in [-0.1, -0.05) is 35.9 Å². The van der Waals surface area contributed by atoms with E-state index >= 15 is 0 Å². The summed E-state index contributed by atoms with van der Waals surface area (Å²) in [5, 5.41) is 0.613. The van der Waals surface area contributed by atoms with Crippen molar-refractivity contribution in [3.8, 4) is 17.1 Å². The van der Waals surface area contributed by atoms with Crippen LogP contribution in [0.4, 0.5) is 4.39 Å². The first-order chi connectivity index (χ1) is 13.1. The van der Waals surface area contributed by atoms with Gasteiger partial charge in [0.1, 0.15) is 24.0 Å². The molecule has 0 saturated carbocycles. The van der Waals surface area contributed by atoms with E-state index in [1.807, 2.05) is 6.07 Å². The van der Waals surface area contributed by atoms with E-state index in [9.17, 15) is 9.18 Å². The van der Waals surface area contributed by atoms with Gasteiger partial charge < -0.3 is 9.72 Å². The van der Waals surface area contributed by atoms with Crippen molar-refractivity contribution in [3.63, 3.8) is 0 Å². The predicted octanol–water partition coefficient (Wildman–Crippen LogP) is 4.96. The third-order valence-corrected chi connectivity index (χ3v) is 4.46. The highest BCUT2D eigenvalue weighted by molar-refractivity contribution is 6.30. The van der Waals surface area contributed by atoms with Gasteiger partial charge in [-0.2, -0.15) is 0 Å². The molecule has 0 atom stereocenters. The summed E-state index contributed by atoms with van der Waals surface area (Å²) in [4.78, 5) is 19.5. The Morgan fingerprint density at radius 3 is 2.59 bits per heavy atom. The zero-order chi connectivity index (χ0) is 18.8. The molecule has 1 aromatic heterocycles. The van der Waals surface area contributed by atoms with Crippen molar-refractivity contribution in [2.45, 2.75) is 6.61 Å². The first kappa shape index (κ1) is 17.2. The maximum atomic E-state index is 13.9. The molecule has 0 radical (unpaired) electrons. The normalized spacial score (nSPS) is 10.9. The second kappa shape index (κ2) is 7.21. The average molecular weight is 381 g/mol. The molecule has 0 bridgehead atoms. The van der Waals surface area contributed by atoms with Crippen LogP contribution in [-0.4, -0.2) is 9.97 Å². The summed E-state index contributed by atoms with van der Waals surface area (Å²) in [5.41, 5.74) is 1.58. The smallest absolute Gasteiger partial charge is 0.259 e. The molecule has 0 unspecified atom stereocenters. The Kier molecular flexibility index (Phi) is 4.60. The quantitative estimate of drug-likeness (QED) is 0.544. The van der Waals surface area contributed by atoms with Crippen molar-refractivity contribution in [3.05, 3.63) is 93.5 Å². The van der Waals surface area contributed by atoms with E-state index in [0.29, 0.717) is 28.0 Å². The standard InChI is InChI=1S/C21H14ClFN2O2/c22-17-6-3-4-14(19(17)23)12-27-15-10-8-13(9-11-15)20-24-18-7-2-1-5-16(18)21(26)25-20/h1-11H,12H2,(H,24,25,26). The number of rotatable bonds is 4. The van der Waals surface area contributed by atoms with Crippen LogP contribution >= 0.6 is 11.6 Å². The molecule has 134 valence electrons. The van der Waals surface area contributed by atoms with E-state index in [2.05, 4.69) is 9.97 Å². The highest BCUT2D eigenvalue weighted by atomic mass is 35.5. The zero-order valence-electron chi connectivity index (χ0n) is 14.1. The topological polar surface area (TPSA) is 55.0 Å². The number of aromatic nitrogens is 2. The number of fused-ring (bicyclic) bond motifs is 1. The first-order valence-electron chi connectivity index (χ1n) is 8.27. The fraction of sp³-hybridized carbons (Fsp3) is 0.0476. The van der Waals surface area contributed by atoms with Gasteiger partial charge in [0.15, 0.2) is 0 Å². The Labute approximate surface area is 159 Å². The molecule has 0 saturated heterocycles. The SMILES string of the molecule is O=c1[nH]c(-c2ccc(OCc3cccc(Cl)c3F)cc2)nc2ccccc12. The van der Waals surface area contributed by atoms with Gasteiger partial charge in [-0.25, -0.2) is 9.37 Å². The molecule has 0 fully saturated rings. The van der Waals surface area contributed by atoms with E-state index in [1.165, 1.54) is 6.07 Å². The second-order valence-corrected chi connectivity index (χ2v) is 6.36. The van der Waals surface area contributed by atoms with Crippen molar-refractivity contribution in [2.24, 2.45) is 0 Å². The van der Waals surface area contributed by atoms with Crippen LogP contribution < -0.4 is 10.3 Å². The molecule has 0 amide bonds. The molecule has 3 aromatic carbocycles. The van der Waals surface area contributed by atoms with Crippen LogP contribution in [-0.2, 0) is 6.61 Å². The number of nitrogens with zero attached hydrogens (tertiary/aromatic N) is 1. The van der Waals surface area contributed by atoms with Gasteiger partial charge in [0.2, 0.25) is 0 Å². The molecule has 27 heavy (non-hydrogen) atoms. The summed E-state index contributed by atoms with van der Waals surface area (Å²) in [7, 11) is 0. The van der Waals surface area contributed by atoms with E-state index in [-0.39, 0.29) is 17.2 Å². The molecule has 1 N–H and O–H groups in total. The summed E-state index contributed by atoms with van der Waals surface area (Å²) in [6, 6.07) is 19.0. The van der Waals surface area contributed by atoms with Gasteiger partial charge in [0.25, 0.3) is 5.56 Å². The van der Waals surface area contributed by atoms with Gasteiger partial charge in [-0.3, -0.25) is 4.79 Å². The molecule has 0 aliphatic carbocycles. The van der Waals surface area contributed by atoms with E-state index in [0.717, 1.165) is 5.56 Å². The van der Waals surface area contributed by atoms with Crippen LogP contribution in [0.15, 0.2) is 71.5 Å². The maximum absolute atomic E-state index is 13.9. The number of ether oxygens (including phenoxy) is 1. The maximum Gasteiger partial charge on any atom is 0.259 e. The summed E-state index contributed by atoms with van der Waals surface area (Å²) in [5.74, 6) is 0.570. The van der Waals surface area contributed by atoms with Gasteiger partial charge in [0, 0.05) is 11.1 Å². The lowest BCUT2D eigenvalue weighted by molar-refractivity contribution is 0.300. The summed E-state index contributed by atoms with van der Waals surface area (Å²) in [6.07, 6.45) is 0. The minimum atomic E-state index is -0.478. The molecule has 4 aromatic rings. The molecule has 0 aliphatic heterocycles. The van der Waals surface area contributed by atoms with Crippen molar-refractivity contribution < 1.29 is 9.13 Å². The highest BCUT2D eigenvalue weighted by Gasteiger charge is 2.08. The molecular weight excluding hydrogens is 367 g/mol. The zero-order valence-corrected chi connectivity index (χ0v) is 14.8. The Bertz CT molecular complexity index is 1170. The van der Waals surface area contributed by atoms with E-state index in [1.54, 1.807) is 54.6 Å². The van der Waals surface area contributed by atoms with Crippen LogP contribution in [0.5, 0.6) is 5.75 Å². The summed E-state index contributed by atoms with van der Waals surface area (Å²) < 4.78 is 19.5. The fourth-order valence-corrected chi connectivity index (χ4v) is 2.95. The lowest BCUT2D eigenvalue weighted by Crippen LogP contribution is -2.09. The third kappa shape index (κ3) is 3.55. The van der Waals surface area contributed by atoms with Crippen molar-refractivity contribution in [1.82, 2.24) is 9.97 Å². The lowest BCUT2D eigenvalue weighted by Gasteiger charge is -2.09. The molecule has 1 heterocycles. The van der Waals surface area contributed by atoms with Crippen LogP contribution in [0.1, 0.15) is 5.56 Å². The van der Waals surface area contributed by atoms with Gasteiger partial charge in [0.05, 0.1) is 15.9 Å². The number of nitrogens with one attached hydrogen (secondary N) is 1. The van der Waals surface area contributed by atoms with Crippen molar-refractivity contribution >= 4 is 22.5 Å². The fourth-order valence-electron chi connectivity index (χ4n) is 2.75. The largest absolute Gasteiger partial charge is 0.489 e. The van der Waals surface area contributed by atoms with Crippen molar-refractivity contribution in [2.75, 3.05) is 0 Å². The van der Waals surface area contributed by atoms with E-state index < -0.39 is 5.82 Å². The highest BCUT2D eigenvalue weighted by Crippen LogP contribution is 2.23. The third-order valence-electron chi connectivity index (χ3n) is 4.17. The van der Waals surface area contributed by atoms with E-state index in [4.69, 9.17) is 16.3 Å². The monoisotopic (exact) mass is 380 g/mol. The Morgan fingerprint density at radius 2 is 1.78 bits per heavy atom. The van der Waals surface area contributed by atoms with Crippen LogP contribution in [0.3, 0.4) is 0 Å². The molecule has 6 heteroatoms. The van der Waals surface area contributed by atoms with Crippen LogP contribution in [0, 0.1) is 5.82 Å². The summed E-state index contributed by atoms with van der Waals surface area (Å²) in [6.45, 7) is 0.0663. The van der Waals surface area contributed by atoms with Crippen LogP contribution in [0.25, 0.3) is 22.3 Å². The number of H-pyrrole nitrogens is 1. The summed E-state index contributed by atoms with van der Waals surface area (Å²) >= 11 is 5.77. The Morgan fingerprint density at radius 1 is 1.00 bits per heavy atom. The Hall–Kier alpha value is -3.18. The van der Waals surface area contributed by atoms with Gasteiger partial charge in [-0.05, 0) is 42.5 Å². The average Bonchev–Trinajstić information content (AvgIpc) is 2.69. The number of hydrogen-bond donors (Lipinski definition) is 1. The van der Waals surface area contributed by atoms with Gasteiger partial charge >= 0.3 is 0 Å². The predicted molar refractivity (Wildman–Crippen MR) is 104 cm³/mol. The van der Waals surface area contributed by atoms with Crippen molar-refractivity contribution in [1.29, 1.82) is 0 Å². The molecule has 0 aliphatic rings. The number of aromatic amines is 1. The molecule has 4 nitrogen and oxygen atoms in total. The first-order valence-corrected chi connectivity index (χ1v) is 8.65. The molecular formula is C21H14ClFN2O2. The second-order valence-electron chi connectivity index (χ2n) is 5.96. The minimum Gasteiger partial charge on any atom is -0.489 e. The molecule has 0 spiro atoms. The number of benzene rings is 3. The molecule has 4 rings (SSSR count). The van der Waals surface area contributed by atoms with Gasteiger partial charge in [-0.15, -0.1) is 0 Å². The number of halogens is 2. The van der Waals surface area contributed by atoms with Crippen LogP contribution in [0.2, 0.25) is 5.02 Å². The number of hydrogen-bond acceptors (Lipinski definition) is 3. The lowest BCUT2D eigenvalue weighted by atomic mass is 10.2. The Balaban J connectivity index is 1.56. The number of para-hydroxylation sites is 1. The minimum absolute atomic E-state index is 0.0663.